The molecule has 106 valence electrons. The molecular weight excluding hydrogens is 323 g/mol. The van der Waals surface area contributed by atoms with Crippen molar-refractivity contribution in [2.24, 2.45) is 7.05 Å². The SMILES string of the molecule is CN(Cc1ncnn1C)C(=O)c1c(Cl)ccc(Cl)c1Cl. The third kappa shape index (κ3) is 2.90. The van der Waals surface area contributed by atoms with E-state index in [0.717, 1.165) is 0 Å². The van der Waals surface area contributed by atoms with Crippen molar-refractivity contribution in [3.05, 3.63) is 44.9 Å². The average molecular weight is 334 g/mol. The molecule has 1 heterocycles. The second kappa shape index (κ2) is 5.99. The Balaban J connectivity index is 2.28. The van der Waals surface area contributed by atoms with Crippen molar-refractivity contribution < 1.29 is 4.79 Å². The van der Waals surface area contributed by atoms with Gasteiger partial charge in [-0.05, 0) is 12.1 Å². The van der Waals surface area contributed by atoms with Crippen LogP contribution in [0.25, 0.3) is 0 Å². The number of halogens is 3. The monoisotopic (exact) mass is 332 g/mol. The number of nitrogens with zero attached hydrogens (tertiary/aromatic N) is 4. The van der Waals surface area contributed by atoms with Gasteiger partial charge in [-0.2, -0.15) is 5.10 Å². The van der Waals surface area contributed by atoms with Crippen LogP contribution in [0.4, 0.5) is 0 Å². The number of aromatic nitrogens is 3. The summed E-state index contributed by atoms with van der Waals surface area (Å²) in [5.74, 6) is 0.320. The van der Waals surface area contributed by atoms with Crippen LogP contribution < -0.4 is 0 Å². The highest BCUT2D eigenvalue weighted by Gasteiger charge is 2.21. The van der Waals surface area contributed by atoms with Crippen molar-refractivity contribution in [1.82, 2.24) is 19.7 Å². The first-order valence-electron chi connectivity index (χ1n) is 5.63. The lowest BCUT2D eigenvalue weighted by Gasteiger charge is -2.18. The molecule has 0 saturated heterocycles. The molecule has 2 rings (SSSR count). The number of hydrogen-bond donors (Lipinski definition) is 0. The molecule has 0 saturated carbocycles. The van der Waals surface area contributed by atoms with E-state index < -0.39 is 0 Å². The van der Waals surface area contributed by atoms with Crippen molar-refractivity contribution >= 4 is 40.7 Å². The van der Waals surface area contributed by atoms with E-state index in [4.69, 9.17) is 34.8 Å². The second-order valence-corrected chi connectivity index (χ2v) is 5.37. The molecule has 0 fully saturated rings. The minimum absolute atomic E-state index is 0.147. The van der Waals surface area contributed by atoms with Crippen LogP contribution in [-0.4, -0.2) is 32.6 Å². The largest absolute Gasteiger partial charge is 0.334 e. The Kier molecular flexibility index (Phi) is 4.52. The van der Waals surface area contributed by atoms with E-state index >= 15 is 0 Å². The lowest BCUT2D eigenvalue weighted by Crippen LogP contribution is -2.28. The zero-order valence-corrected chi connectivity index (χ0v) is 13.0. The van der Waals surface area contributed by atoms with Crippen LogP contribution in [0.2, 0.25) is 15.1 Å². The summed E-state index contributed by atoms with van der Waals surface area (Å²) in [4.78, 5) is 17.9. The third-order valence-electron chi connectivity index (χ3n) is 2.79. The highest BCUT2D eigenvalue weighted by atomic mass is 35.5. The molecule has 0 aliphatic carbocycles. The predicted molar refractivity (Wildman–Crippen MR) is 78.3 cm³/mol. The molecule has 0 radical (unpaired) electrons. The Morgan fingerprint density at radius 1 is 1.30 bits per heavy atom. The van der Waals surface area contributed by atoms with E-state index in [9.17, 15) is 4.79 Å². The number of rotatable bonds is 3. The molecule has 0 aliphatic heterocycles. The first-order chi connectivity index (χ1) is 9.41. The topological polar surface area (TPSA) is 51.0 Å². The van der Waals surface area contributed by atoms with Gasteiger partial charge in [-0.3, -0.25) is 9.48 Å². The highest BCUT2D eigenvalue weighted by Crippen LogP contribution is 2.32. The smallest absolute Gasteiger partial charge is 0.257 e. The van der Waals surface area contributed by atoms with Crippen LogP contribution >= 0.6 is 34.8 Å². The van der Waals surface area contributed by atoms with Crippen molar-refractivity contribution in [1.29, 1.82) is 0 Å². The van der Waals surface area contributed by atoms with Crippen molar-refractivity contribution in [3.63, 3.8) is 0 Å². The molecule has 0 aliphatic rings. The Bertz CT molecular complexity index is 656. The zero-order chi connectivity index (χ0) is 14.9. The van der Waals surface area contributed by atoms with Gasteiger partial charge in [0.05, 0.1) is 27.2 Å². The molecular formula is C12H11Cl3N4O. The maximum Gasteiger partial charge on any atom is 0.257 e. The molecule has 8 heteroatoms. The highest BCUT2D eigenvalue weighted by molar-refractivity contribution is 6.46. The van der Waals surface area contributed by atoms with Gasteiger partial charge in [0.25, 0.3) is 5.91 Å². The minimum atomic E-state index is -0.328. The summed E-state index contributed by atoms with van der Waals surface area (Å²) in [5.41, 5.74) is 0.186. The summed E-state index contributed by atoms with van der Waals surface area (Å²) in [6.07, 6.45) is 1.42. The van der Waals surface area contributed by atoms with Gasteiger partial charge in [0.2, 0.25) is 0 Å². The standard InChI is InChI=1S/C12H11Cl3N4O/c1-18(5-9-16-6-17-19(9)2)12(20)10-7(13)3-4-8(14)11(10)15/h3-4,6H,5H2,1-2H3. The molecule has 20 heavy (non-hydrogen) atoms. The summed E-state index contributed by atoms with van der Waals surface area (Å²) in [7, 11) is 3.38. The van der Waals surface area contributed by atoms with Gasteiger partial charge in [-0.1, -0.05) is 34.8 Å². The average Bonchev–Trinajstić information content (AvgIpc) is 2.80. The molecule has 0 atom stereocenters. The Morgan fingerprint density at radius 2 is 1.95 bits per heavy atom. The second-order valence-electron chi connectivity index (χ2n) is 4.18. The predicted octanol–water partition coefficient (Wildman–Crippen LogP) is 3.05. The fraction of sp³-hybridized carbons (Fsp3) is 0.250. The van der Waals surface area contributed by atoms with Crippen LogP contribution in [0, 0.1) is 0 Å². The van der Waals surface area contributed by atoms with Gasteiger partial charge in [0.1, 0.15) is 12.2 Å². The first kappa shape index (κ1) is 15.1. The Labute approximate surface area is 131 Å². The van der Waals surface area contributed by atoms with E-state index in [2.05, 4.69) is 10.1 Å². The van der Waals surface area contributed by atoms with Crippen LogP contribution in [0.1, 0.15) is 16.2 Å². The fourth-order valence-corrected chi connectivity index (χ4v) is 2.35. The molecule has 0 unspecified atom stereocenters. The van der Waals surface area contributed by atoms with Crippen LogP contribution in [-0.2, 0) is 13.6 Å². The normalized spacial score (nSPS) is 10.7. The molecule has 0 spiro atoms. The number of benzene rings is 1. The molecule has 0 N–H and O–H groups in total. The summed E-state index contributed by atoms with van der Waals surface area (Å²) in [6.45, 7) is 0.286. The first-order valence-corrected chi connectivity index (χ1v) is 6.77. The molecule has 0 bridgehead atoms. The minimum Gasteiger partial charge on any atom is -0.334 e. The van der Waals surface area contributed by atoms with Crippen LogP contribution in [0.15, 0.2) is 18.5 Å². The lowest BCUT2D eigenvalue weighted by atomic mass is 10.2. The molecule has 1 amide bonds. The molecule has 5 nitrogen and oxygen atoms in total. The van der Waals surface area contributed by atoms with Crippen molar-refractivity contribution in [3.8, 4) is 0 Å². The summed E-state index contributed by atoms with van der Waals surface area (Å²) < 4.78 is 1.59. The number of amides is 1. The molecule has 2 aromatic rings. The van der Waals surface area contributed by atoms with Gasteiger partial charge in [-0.25, -0.2) is 4.98 Å². The summed E-state index contributed by atoms with van der Waals surface area (Å²) in [6, 6.07) is 3.09. The number of carbonyl (C=O) groups excluding carboxylic acids is 1. The van der Waals surface area contributed by atoms with Gasteiger partial charge < -0.3 is 4.90 Å². The fourth-order valence-electron chi connectivity index (χ4n) is 1.66. The summed E-state index contributed by atoms with van der Waals surface area (Å²) in [5, 5.41) is 4.63. The number of hydrogen-bond acceptors (Lipinski definition) is 3. The number of carbonyl (C=O) groups is 1. The van der Waals surface area contributed by atoms with Crippen molar-refractivity contribution in [2.75, 3.05) is 7.05 Å². The lowest BCUT2D eigenvalue weighted by molar-refractivity contribution is 0.0780. The van der Waals surface area contributed by atoms with E-state index in [0.29, 0.717) is 5.82 Å². The molecule has 1 aromatic heterocycles. The van der Waals surface area contributed by atoms with Gasteiger partial charge in [0.15, 0.2) is 0 Å². The summed E-state index contributed by atoms with van der Waals surface area (Å²) >= 11 is 18.0. The van der Waals surface area contributed by atoms with E-state index in [1.165, 1.54) is 11.2 Å². The number of aryl methyl sites for hydroxylation is 1. The Hall–Kier alpha value is -1.30. The van der Waals surface area contributed by atoms with Gasteiger partial charge in [0, 0.05) is 14.1 Å². The van der Waals surface area contributed by atoms with Crippen LogP contribution in [0.5, 0.6) is 0 Å². The quantitative estimate of drug-likeness (QED) is 0.811. The maximum absolute atomic E-state index is 12.4. The maximum atomic E-state index is 12.4. The van der Waals surface area contributed by atoms with Gasteiger partial charge >= 0.3 is 0 Å². The van der Waals surface area contributed by atoms with Crippen LogP contribution in [0.3, 0.4) is 0 Å². The third-order valence-corrected chi connectivity index (χ3v) is 3.91. The van der Waals surface area contributed by atoms with E-state index in [1.54, 1.807) is 30.9 Å². The zero-order valence-electron chi connectivity index (χ0n) is 10.8. The molecule has 1 aromatic carbocycles. The van der Waals surface area contributed by atoms with Crippen molar-refractivity contribution in [2.45, 2.75) is 6.54 Å². The van der Waals surface area contributed by atoms with Gasteiger partial charge in [-0.15, -0.1) is 0 Å². The van der Waals surface area contributed by atoms with E-state index in [-0.39, 0.29) is 33.1 Å². The van der Waals surface area contributed by atoms with E-state index in [1.807, 2.05) is 0 Å². The Morgan fingerprint density at radius 3 is 2.55 bits per heavy atom.